The summed E-state index contributed by atoms with van der Waals surface area (Å²) in [7, 11) is 0. The highest BCUT2D eigenvalue weighted by Crippen LogP contribution is 2.44. The predicted molar refractivity (Wildman–Crippen MR) is 60.8 cm³/mol. The average molecular weight is 211 g/mol. The van der Waals surface area contributed by atoms with Gasteiger partial charge in [0.2, 0.25) is 0 Å². The maximum atomic E-state index is 5.77. The fourth-order valence-corrected chi connectivity index (χ4v) is 1.73. The number of rotatable bonds is 4. The van der Waals surface area contributed by atoms with E-state index in [1.807, 2.05) is 0 Å². The molecule has 0 amide bonds. The first-order chi connectivity index (χ1) is 7.18. The summed E-state index contributed by atoms with van der Waals surface area (Å²) in [6.45, 7) is 4.80. The summed E-state index contributed by atoms with van der Waals surface area (Å²) >= 11 is 0. The Bertz CT molecular complexity index is 242. The molecule has 1 aliphatic heterocycles. The maximum Gasteiger partial charge on any atom is 0.188 e. The van der Waals surface area contributed by atoms with Crippen molar-refractivity contribution in [3.05, 3.63) is 0 Å². The summed E-state index contributed by atoms with van der Waals surface area (Å²) in [6, 6.07) is 0. The van der Waals surface area contributed by atoms with Crippen molar-refractivity contribution < 1.29 is 4.74 Å². The first kappa shape index (κ1) is 10.7. The third-order valence-electron chi connectivity index (χ3n) is 3.27. The lowest BCUT2D eigenvalue weighted by atomic mass is 10.1. The van der Waals surface area contributed by atoms with Gasteiger partial charge in [-0.3, -0.25) is 4.99 Å². The number of guanidine groups is 1. The summed E-state index contributed by atoms with van der Waals surface area (Å²) in [4.78, 5) is 4.35. The molecule has 1 unspecified atom stereocenters. The number of nitrogens with two attached hydrogens (primary N) is 1. The van der Waals surface area contributed by atoms with E-state index in [-0.39, 0.29) is 0 Å². The van der Waals surface area contributed by atoms with Gasteiger partial charge in [-0.15, -0.1) is 0 Å². The van der Waals surface area contributed by atoms with Gasteiger partial charge in [0.15, 0.2) is 5.96 Å². The molecule has 1 aliphatic carbocycles. The molecular weight excluding hydrogens is 190 g/mol. The molecule has 0 aromatic rings. The van der Waals surface area contributed by atoms with Gasteiger partial charge in [0.05, 0.1) is 6.10 Å². The quantitative estimate of drug-likeness (QED) is 0.536. The molecule has 1 heterocycles. The molecule has 0 radical (unpaired) electrons. The van der Waals surface area contributed by atoms with Crippen LogP contribution in [0.5, 0.6) is 0 Å². The van der Waals surface area contributed by atoms with E-state index in [0.717, 1.165) is 26.1 Å². The average Bonchev–Trinajstić information content (AvgIpc) is 2.77. The fourth-order valence-electron chi connectivity index (χ4n) is 1.73. The van der Waals surface area contributed by atoms with Crippen LogP contribution in [0.4, 0.5) is 0 Å². The minimum Gasteiger partial charge on any atom is -0.376 e. The van der Waals surface area contributed by atoms with Crippen molar-refractivity contribution in [1.29, 1.82) is 0 Å². The first-order valence-electron chi connectivity index (χ1n) is 5.83. The van der Waals surface area contributed by atoms with E-state index in [1.165, 1.54) is 19.3 Å². The zero-order chi connectivity index (χ0) is 10.7. The second-order valence-electron chi connectivity index (χ2n) is 5.03. The summed E-state index contributed by atoms with van der Waals surface area (Å²) < 4.78 is 5.49. The Balaban J connectivity index is 1.64. The second-order valence-corrected chi connectivity index (χ2v) is 5.03. The molecule has 4 nitrogen and oxygen atoms in total. The normalized spacial score (nSPS) is 29.1. The molecule has 0 bridgehead atoms. The van der Waals surface area contributed by atoms with E-state index in [1.54, 1.807) is 0 Å². The number of ether oxygens (including phenoxy) is 1. The monoisotopic (exact) mass is 211 g/mol. The van der Waals surface area contributed by atoms with Crippen LogP contribution in [-0.4, -0.2) is 31.8 Å². The van der Waals surface area contributed by atoms with Crippen molar-refractivity contribution in [3.63, 3.8) is 0 Å². The molecule has 15 heavy (non-hydrogen) atoms. The highest BCUT2D eigenvalue weighted by molar-refractivity contribution is 5.77. The van der Waals surface area contributed by atoms with Gasteiger partial charge < -0.3 is 15.8 Å². The Labute approximate surface area is 91.3 Å². The van der Waals surface area contributed by atoms with E-state index in [0.29, 0.717) is 17.5 Å². The molecule has 2 aliphatic rings. The van der Waals surface area contributed by atoms with Crippen molar-refractivity contribution in [2.75, 3.05) is 19.7 Å². The lowest BCUT2D eigenvalue weighted by Crippen LogP contribution is -2.37. The summed E-state index contributed by atoms with van der Waals surface area (Å²) in [5.41, 5.74) is 6.21. The zero-order valence-corrected chi connectivity index (χ0v) is 9.46. The number of aliphatic imine (C=N–C) groups is 1. The van der Waals surface area contributed by atoms with Crippen LogP contribution in [0.2, 0.25) is 0 Å². The minimum absolute atomic E-state index is 0.329. The van der Waals surface area contributed by atoms with Gasteiger partial charge in [0.25, 0.3) is 0 Å². The van der Waals surface area contributed by atoms with E-state index in [4.69, 9.17) is 10.5 Å². The van der Waals surface area contributed by atoms with Crippen LogP contribution in [0.3, 0.4) is 0 Å². The molecule has 1 atom stereocenters. The fraction of sp³-hybridized carbons (Fsp3) is 0.909. The molecule has 86 valence electrons. The molecule has 2 rings (SSSR count). The second kappa shape index (κ2) is 4.39. The van der Waals surface area contributed by atoms with Crippen LogP contribution in [-0.2, 0) is 4.74 Å². The van der Waals surface area contributed by atoms with Gasteiger partial charge in [-0.25, -0.2) is 0 Å². The minimum atomic E-state index is 0.329. The highest BCUT2D eigenvalue weighted by atomic mass is 16.5. The van der Waals surface area contributed by atoms with E-state index < -0.39 is 0 Å². The number of nitrogens with one attached hydrogen (secondary N) is 1. The van der Waals surface area contributed by atoms with Gasteiger partial charge in [-0.2, -0.15) is 0 Å². The third-order valence-corrected chi connectivity index (χ3v) is 3.27. The van der Waals surface area contributed by atoms with Crippen LogP contribution in [0.1, 0.15) is 32.6 Å². The van der Waals surface area contributed by atoms with Crippen LogP contribution in [0.15, 0.2) is 4.99 Å². The number of hydrogen-bond acceptors (Lipinski definition) is 2. The van der Waals surface area contributed by atoms with E-state index >= 15 is 0 Å². The Kier molecular flexibility index (Phi) is 3.14. The molecular formula is C11H21N3O. The van der Waals surface area contributed by atoms with Crippen molar-refractivity contribution in [3.8, 4) is 0 Å². The molecule has 3 N–H and O–H groups in total. The van der Waals surface area contributed by atoms with Gasteiger partial charge in [0.1, 0.15) is 0 Å². The Hall–Kier alpha value is -0.770. The van der Waals surface area contributed by atoms with Crippen molar-refractivity contribution in [1.82, 2.24) is 5.32 Å². The maximum absolute atomic E-state index is 5.77. The summed E-state index contributed by atoms with van der Waals surface area (Å²) in [5.74, 6) is 0.568. The number of hydrogen-bond donors (Lipinski definition) is 2. The molecule has 1 saturated heterocycles. The topological polar surface area (TPSA) is 59.6 Å². The molecule has 0 aromatic heterocycles. The lowest BCUT2D eigenvalue weighted by molar-refractivity contribution is 0.114. The highest BCUT2D eigenvalue weighted by Gasteiger charge is 2.36. The molecule has 4 heteroatoms. The Morgan fingerprint density at radius 3 is 3.00 bits per heavy atom. The molecule has 2 fully saturated rings. The van der Waals surface area contributed by atoms with Gasteiger partial charge in [-0.05, 0) is 31.1 Å². The molecule has 0 spiro atoms. The molecule has 1 saturated carbocycles. The third kappa shape index (κ3) is 3.38. The van der Waals surface area contributed by atoms with Gasteiger partial charge in [0, 0.05) is 19.7 Å². The predicted octanol–water partition coefficient (Wildman–Crippen LogP) is 0.870. The van der Waals surface area contributed by atoms with Crippen LogP contribution in [0, 0.1) is 5.41 Å². The Morgan fingerprint density at radius 2 is 2.40 bits per heavy atom. The molecule has 0 aromatic carbocycles. The van der Waals surface area contributed by atoms with Crippen molar-refractivity contribution in [2.45, 2.75) is 38.7 Å². The van der Waals surface area contributed by atoms with Crippen LogP contribution >= 0.6 is 0 Å². The van der Waals surface area contributed by atoms with Gasteiger partial charge >= 0.3 is 0 Å². The van der Waals surface area contributed by atoms with Crippen molar-refractivity contribution >= 4 is 5.96 Å². The largest absolute Gasteiger partial charge is 0.376 e. The first-order valence-corrected chi connectivity index (χ1v) is 5.83. The van der Waals surface area contributed by atoms with E-state index in [2.05, 4.69) is 17.2 Å². The Morgan fingerprint density at radius 1 is 1.60 bits per heavy atom. The van der Waals surface area contributed by atoms with Crippen LogP contribution < -0.4 is 11.1 Å². The summed E-state index contributed by atoms with van der Waals surface area (Å²) in [5, 5.41) is 3.13. The summed E-state index contributed by atoms with van der Waals surface area (Å²) in [6.07, 6.45) is 5.21. The smallest absolute Gasteiger partial charge is 0.188 e. The van der Waals surface area contributed by atoms with Crippen LogP contribution in [0.25, 0.3) is 0 Å². The van der Waals surface area contributed by atoms with Crippen molar-refractivity contribution in [2.24, 2.45) is 16.1 Å². The zero-order valence-electron chi connectivity index (χ0n) is 9.46. The van der Waals surface area contributed by atoms with Gasteiger partial charge in [-0.1, -0.05) is 6.92 Å². The number of nitrogens with zero attached hydrogens (tertiary/aromatic N) is 1. The SMILES string of the molecule is CC1(CN=C(N)NCC2CCCO2)CC1. The standard InChI is InChI=1S/C11H21N3O/c1-11(4-5-11)8-14-10(12)13-7-9-3-2-6-15-9/h9H,2-8H2,1H3,(H3,12,13,14). The van der Waals surface area contributed by atoms with E-state index in [9.17, 15) is 0 Å². The lowest BCUT2D eigenvalue weighted by Gasteiger charge is -2.11.